The van der Waals surface area contributed by atoms with Crippen molar-refractivity contribution in [1.82, 2.24) is 0 Å². The van der Waals surface area contributed by atoms with Gasteiger partial charge in [0.1, 0.15) is 13.2 Å². The Kier molecular flexibility index (Phi) is 39.1. The Balaban J connectivity index is 4.45. The van der Waals surface area contributed by atoms with Crippen LogP contribution in [0.5, 0.6) is 0 Å². The molecule has 1 atom stereocenters. The lowest BCUT2D eigenvalue weighted by atomic mass is 10.1. The Labute approximate surface area is 325 Å². The smallest absolute Gasteiger partial charge is 0.306 e. The summed E-state index contributed by atoms with van der Waals surface area (Å²) in [6, 6.07) is 0. The average Bonchev–Trinajstić information content (AvgIpc) is 3.15. The number of ether oxygens (including phenoxy) is 3. The van der Waals surface area contributed by atoms with Crippen LogP contribution in [0.3, 0.4) is 0 Å². The van der Waals surface area contributed by atoms with Gasteiger partial charge < -0.3 is 14.2 Å². The van der Waals surface area contributed by atoms with Crippen molar-refractivity contribution in [2.75, 3.05) is 13.2 Å². The van der Waals surface area contributed by atoms with Gasteiger partial charge in [0.15, 0.2) is 6.10 Å². The van der Waals surface area contributed by atoms with E-state index in [0.29, 0.717) is 12.8 Å². The van der Waals surface area contributed by atoms with E-state index in [1.807, 2.05) is 24.3 Å². The van der Waals surface area contributed by atoms with Crippen LogP contribution in [0.15, 0.2) is 72.9 Å². The lowest BCUT2D eigenvalue weighted by molar-refractivity contribution is -0.167. The molecule has 0 saturated heterocycles. The van der Waals surface area contributed by atoms with Crippen LogP contribution in [0.2, 0.25) is 0 Å². The lowest BCUT2D eigenvalue weighted by Crippen LogP contribution is -2.30. The monoisotopic (exact) mass is 739 g/mol. The van der Waals surface area contributed by atoms with Crippen molar-refractivity contribution in [3.8, 4) is 0 Å². The van der Waals surface area contributed by atoms with Crippen LogP contribution in [-0.4, -0.2) is 37.2 Å². The Morgan fingerprint density at radius 1 is 0.396 bits per heavy atom. The summed E-state index contributed by atoms with van der Waals surface area (Å²) >= 11 is 0. The van der Waals surface area contributed by atoms with Crippen molar-refractivity contribution in [3.63, 3.8) is 0 Å². The molecule has 0 aliphatic rings. The Bertz CT molecular complexity index is 1030. The third kappa shape index (κ3) is 39.9. The summed E-state index contributed by atoms with van der Waals surface area (Å²) in [7, 11) is 0. The first kappa shape index (κ1) is 49.9. The topological polar surface area (TPSA) is 78.9 Å². The molecular weight excluding hydrogens is 661 g/mol. The summed E-state index contributed by atoms with van der Waals surface area (Å²) in [5.41, 5.74) is 0. The molecule has 0 aromatic rings. The summed E-state index contributed by atoms with van der Waals surface area (Å²) in [6.07, 6.45) is 50.3. The van der Waals surface area contributed by atoms with E-state index in [0.717, 1.165) is 96.3 Å². The molecule has 0 bridgehead atoms. The number of unbranched alkanes of at least 4 members (excludes halogenated alkanes) is 18. The highest BCUT2D eigenvalue weighted by Crippen LogP contribution is 2.13. The van der Waals surface area contributed by atoms with Crippen molar-refractivity contribution in [1.29, 1.82) is 0 Å². The standard InChI is InChI=1S/C47H78O6/c1-4-7-10-13-16-19-21-22-23-24-26-28-31-34-37-40-46(49)52-43-44(42-51-45(48)39-36-33-30-27-18-15-12-9-6-3)53-47(50)41-38-35-32-29-25-20-17-14-11-8-5-2/h7,10,13-14,16-17,19-23,25,44H,4-6,8-9,11-12,15,18,24,26-43H2,1-3H3/b10-7-,16-13-,17-14-,21-19-,23-22-,25-20-. The molecule has 0 heterocycles. The molecule has 302 valence electrons. The molecule has 0 aromatic heterocycles. The zero-order valence-corrected chi connectivity index (χ0v) is 34.3. The first-order valence-corrected chi connectivity index (χ1v) is 21.5. The van der Waals surface area contributed by atoms with E-state index < -0.39 is 6.10 Å². The third-order valence-corrected chi connectivity index (χ3v) is 8.82. The normalized spacial score (nSPS) is 12.7. The molecule has 1 unspecified atom stereocenters. The molecule has 0 aliphatic carbocycles. The highest BCUT2D eigenvalue weighted by Gasteiger charge is 2.19. The van der Waals surface area contributed by atoms with E-state index in [-0.39, 0.29) is 37.5 Å². The quantitative estimate of drug-likeness (QED) is 0.0273. The van der Waals surface area contributed by atoms with Crippen LogP contribution in [0.4, 0.5) is 0 Å². The predicted molar refractivity (Wildman–Crippen MR) is 224 cm³/mol. The maximum atomic E-state index is 12.6. The maximum absolute atomic E-state index is 12.6. The first-order valence-electron chi connectivity index (χ1n) is 21.5. The molecule has 0 rings (SSSR count). The summed E-state index contributed by atoms with van der Waals surface area (Å²) < 4.78 is 16.6. The maximum Gasteiger partial charge on any atom is 0.306 e. The van der Waals surface area contributed by atoms with Crippen LogP contribution >= 0.6 is 0 Å². The predicted octanol–water partition coefficient (Wildman–Crippen LogP) is 13.5. The summed E-state index contributed by atoms with van der Waals surface area (Å²) in [5.74, 6) is -0.958. The van der Waals surface area contributed by atoms with Crippen LogP contribution in [-0.2, 0) is 28.6 Å². The molecule has 0 aromatic carbocycles. The number of allylic oxidation sites excluding steroid dienone is 12. The highest BCUT2D eigenvalue weighted by molar-refractivity contribution is 5.71. The minimum Gasteiger partial charge on any atom is -0.462 e. The van der Waals surface area contributed by atoms with Gasteiger partial charge in [-0.2, -0.15) is 0 Å². The second-order valence-electron chi connectivity index (χ2n) is 14.0. The fourth-order valence-electron chi connectivity index (χ4n) is 5.54. The van der Waals surface area contributed by atoms with Crippen molar-refractivity contribution in [2.24, 2.45) is 0 Å². The minimum atomic E-state index is -0.794. The Morgan fingerprint density at radius 2 is 0.755 bits per heavy atom. The van der Waals surface area contributed by atoms with Gasteiger partial charge in [0.2, 0.25) is 0 Å². The van der Waals surface area contributed by atoms with Crippen molar-refractivity contribution in [2.45, 2.75) is 194 Å². The molecular formula is C47H78O6. The van der Waals surface area contributed by atoms with Crippen molar-refractivity contribution < 1.29 is 28.6 Å². The summed E-state index contributed by atoms with van der Waals surface area (Å²) in [5, 5.41) is 0. The van der Waals surface area contributed by atoms with Gasteiger partial charge in [0, 0.05) is 19.3 Å². The molecule has 6 nitrogen and oxygen atoms in total. The van der Waals surface area contributed by atoms with E-state index in [9.17, 15) is 14.4 Å². The number of rotatable bonds is 37. The molecule has 0 N–H and O–H groups in total. The van der Waals surface area contributed by atoms with Crippen LogP contribution in [0, 0.1) is 0 Å². The van der Waals surface area contributed by atoms with Crippen molar-refractivity contribution >= 4 is 17.9 Å². The van der Waals surface area contributed by atoms with Crippen LogP contribution in [0.25, 0.3) is 0 Å². The minimum absolute atomic E-state index is 0.0942. The molecule has 0 saturated carbocycles. The second-order valence-corrected chi connectivity index (χ2v) is 14.0. The highest BCUT2D eigenvalue weighted by atomic mass is 16.6. The van der Waals surface area contributed by atoms with Crippen LogP contribution in [0.1, 0.15) is 188 Å². The van der Waals surface area contributed by atoms with Gasteiger partial charge in [-0.1, -0.05) is 184 Å². The molecule has 53 heavy (non-hydrogen) atoms. The largest absolute Gasteiger partial charge is 0.462 e. The van der Waals surface area contributed by atoms with E-state index in [1.54, 1.807) is 0 Å². The van der Waals surface area contributed by atoms with Gasteiger partial charge in [-0.05, 0) is 57.8 Å². The van der Waals surface area contributed by atoms with Crippen LogP contribution < -0.4 is 0 Å². The SMILES string of the molecule is CC\C=C/C=C\C=C/C=C\CCCCCCCC(=O)OCC(COC(=O)CCCCCCCCCCC)OC(=O)CCCCC/C=C\C=C/CCCC. The van der Waals surface area contributed by atoms with E-state index in [1.165, 1.54) is 51.4 Å². The number of esters is 3. The van der Waals surface area contributed by atoms with Gasteiger partial charge >= 0.3 is 17.9 Å². The number of hydrogen-bond donors (Lipinski definition) is 0. The van der Waals surface area contributed by atoms with E-state index >= 15 is 0 Å². The second kappa shape index (κ2) is 41.6. The molecule has 0 amide bonds. The zero-order valence-electron chi connectivity index (χ0n) is 34.3. The molecule has 0 aliphatic heterocycles. The number of carbonyl (C=O) groups is 3. The Hall–Kier alpha value is -3.15. The average molecular weight is 739 g/mol. The summed E-state index contributed by atoms with van der Waals surface area (Å²) in [6.45, 7) is 6.35. The van der Waals surface area contributed by atoms with Gasteiger partial charge in [-0.25, -0.2) is 0 Å². The number of hydrogen-bond acceptors (Lipinski definition) is 6. The fourth-order valence-corrected chi connectivity index (χ4v) is 5.54. The van der Waals surface area contributed by atoms with Gasteiger partial charge in [-0.15, -0.1) is 0 Å². The van der Waals surface area contributed by atoms with Gasteiger partial charge in [0.05, 0.1) is 0 Å². The fraction of sp³-hybridized carbons (Fsp3) is 0.681. The van der Waals surface area contributed by atoms with Crippen molar-refractivity contribution in [3.05, 3.63) is 72.9 Å². The number of carbonyl (C=O) groups excluding carboxylic acids is 3. The lowest BCUT2D eigenvalue weighted by Gasteiger charge is -2.18. The first-order chi connectivity index (χ1) is 26.0. The summed E-state index contributed by atoms with van der Waals surface area (Å²) in [4.78, 5) is 37.6. The molecule has 6 heteroatoms. The van der Waals surface area contributed by atoms with Gasteiger partial charge in [-0.3, -0.25) is 14.4 Å². The molecule has 0 spiro atoms. The molecule has 0 fully saturated rings. The van der Waals surface area contributed by atoms with E-state index in [4.69, 9.17) is 14.2 Å². The third-order valence-electron chi connectivity index (χ3n) is 8.82. The zero-order chi connectivity index (χ0) is 38.7. The van der Waals surface area contributed by atoms with E-state index in [2.05, 4.69) is 69.4 Å². The molecule has 0 radical (unpaired) electrons. The Morgan fingerprint density at radius 3 is 1.25 bits per heavy atom. The van der Waals surface area contributed by atoms with Gasteiger partial charge in [0.25, 0.3) is 0 Å².